The predicted molar refractivity (Wildman–Crippen MR) is 183 cm³/mol. The molecule has 8 aromatic rings. The summed E-state index contributed by atoms with van der Waals surface area (Å²) in [5.41, 5.74) is 9.94. The van der Waals surface area contributed by atoms with Gasteiger partial charge >= 0.3 is 243 Å². The third kappa shape index (κ3) is 4.48. The molecule has 43 heavy (non-hydrogen) atoms. The number of hydrogen-bond donors (Lipinski definition) is 0. The number of aromatic nitrogens is 1. The van der Waals surface area contributed by atoms with Crippen LogP contribution in [0, 0.1) is 0 Å². The SMILES string of the molecule is [Se]c1ccc(C(c2ccc3c(c2)c2ccccc2n3-c2ccccc2)c2cccc3ccccc23)cc1-c1ccccc1. The summed E-state index contributed by atoms with van der Waals surface area (Å²) < 4.78 is 3.55. The van der Waals surface area contributed by atoms with Crippen LogP contribution in [0.4, 0.5) is 0 Å². The Balaban J connectivity index is 1.40. The van der Waals surface area contributed by atoms with E-state index in [2.05, 4.69) is 184 Å². The molecule has 1 unspecified atom stereocenters. The Kier molecular flexibility index (Phi) is 6.45. The minimum atomic E-state index is 0.0531. The number of nitrogens with zero attached hydrogens (tertiary/aromatic N) is 1. The molecule has 1 radical (unpaired) electrons. The molecule has 8 rings (SSSR count). The van der Waals surface area contributed by atoms with Crippen molar-refractivity contribution in [2.24, 2.45) is 0 Å². The predicted octanol–water partition coefficient (Wildman–Crippen LogP) is 9.58. The summed E-state index contributed by atoms with van der Waals surface area (Å²) in [7, 11) is 0. The van der Waals surface area contributed by atoms with Crippen LogP contribution in [-0.2, 0) is 0 Å². The fraction of sp³-hybridized carbons (Fsp3) is 0.0244. The Labute approximate surface area is 259 Å². The van der Waals surface area contributed by atoms with Crippen LogP contribution in [0.3, 0.4) is 0 Å². The van der Waals surface area contributed by atoms with Crippen LogP contribution in [0.25, 0.3) is 49.4 Å². The van der Waals surface area contributed by atoms with E-state index in [4.69, 9.17) is 0 Å². The Morgan fingerprint density at radius 1 is 0.465 bits per heavy atom. The summed E-state index contributed by atoms with van der Waals surface area (Å²) in [5.74, 6) is 0.0531. The molecular weight excluding hydrogens is 585 g/mol. The molecule has 0 aliphatic carbocycles. The molecular formula is C41H28NSe. The van der Waals surface area contributed by atoms with Crippen molar-refractivity contribution in [1.29, 1.82) is 0 Å². The summed E-state index contributed by atoms with van der Waals surface area (Å²) >= 11 is 3.30. The minimum absolute atomic E-state index is 0.0531. The first-order valence-corrected chi connectivity index (χ1v) is 15.5. The molecule has 0 saturated carbocycles. The van der Waals surface area contributed by atoms with E-state index in [1.807, 2.05) is 0 Å². The maximum absolute atomic E-state index is 3.30. The van der Waals surface area contributed by atoms with E-state index in [0.29, 0.717) is 0 Å². The standard InChI is InChI=1S/C41H28NSe/c43-40-25-23-31(26-36(40)29-12-3-1-4-13-29)41(35-20-11-15-28-14-7-8-18-33(28)35)30-22-24-39-37(27-30)34-19-9-10-21-38(34)42(39)32-16-5-2-6-17-32/h1-27,41H. The van der Waals surface area contributed by atoms with Crippen LogP contribution < -0.4 is 4.46 Å². The summed E-state index contributed by atoms with van der Waals surface area (Å²) in [6, 6.07) is 59.6. The van der Waals surface area contributed by atoms with Crippen LogP contribution in [0.15, 0.2) is 164 Å². The van der Waals surface area contributed by atoms with Crippen molar-refractivity contribution in [3.05, 3.63) is 180 Å². The molecule has 1 atom stereocenters. The fourth-order valence-corrected chi connectivity index (χ4v) is 7.16. The normalized spacial score (nSPS) is 12.2. The topological polar surface area (TPSA) is 4.93 Å². The van der Waals surface area contributed by atoms with Crippen molar-refractivity contribution >= 4 is 53.1 Å². The third-order valence-electron chi connectivity index (χ3n) is 8.60. The molecule has 0 N–H and O–H groups in total. The number of rotatable bonds is 5. The van der Waals surface area contributed by atoms with E-state index < -0.39 is 0 Å². The van der Waals surface area contributed by atoms with Crippen molar-refractivity contribution in [3.8, 4) is 16.8 Å². The van der Waals surface area contributed by atoms with Gasteiger partial charge in [0.15, 0.2) is 0 Å². The first-order valence-electron chi connectivity index (χ1n) is 14.7. The Hall–Kier alpha value is -4.88. The first-order chi connectivity index (χ1) is 21.3. The van der Waals surface area contributed by atoms with Gasteiger partial charge in [0.25, 0.3) is 0 Å². The van der Waals surface area contributed by atoms with Crippen molar-refractivity contribution in [3.63, 3.8) is 0 Å². The molecule has 1 aromatic heterocycles. The number of benzene rings is 7. The fourth-order valence-electron chi connectivity index (χ4n) is 6.65. The molecule has 1 nitrogen and oxygen atoms in total. The molecule has 2 heteroatoms. The number of para-hydroxylation sites is 2. The zero-order valence-electron chi connectivity index (χ0n) is 23.5. The first kappa shape index (κ1) is 25.8. The molecule has 0 spiro atoms. The third-order valence-corrected chi connectivity index (χ3v) is 9.35. The van der Waals surface area contributed by atoms with Gasteiger partial charge in [-0.2, -0.15) is 0 Å². The van der Waals surface area contributed by atoms with Crippen molar-refractivity contribution in [2.75, 3.05) is 0 Å². The van der Waals surface area contributed by atoms with E-state index in [-0.39, 0.29) is 5.92 Å². The van der Waals surface area contributed by atoms with E-state index in [1.165, 1.54) is 66.1 Å². The second-order valence-corrected chi connectivity index (χ2v) is 12.0. The van der Waals surface area contributed by atoms with Crippen molar-refractivity contribution in [1.82, 2.24) is 4.57 Å². The zero-order chi connectivity index (χ0) is 28.8. The Morgan fingerprint density at radius 3 is 1.93 bits per heavy atom. The second-order valence-electron chi connectivity index (χ2n) is 11.1. The van der Waals surface area contributed by atoms with E-state index in [1.54, 1.807) is 0 Å². The van der Waals surface area contributed by atoms with Gasteiger partial charge in [0.1, 0.15) is 0 Å². The van der Waals surface area contributed by atoms with E-state index in [9.17, 15) is 0 Å². The zero-order valence-corrected chi connectivity index (χ0v) is 25.2. The van der Waals surface area contributed by atoms with Crippen LogP contribution in [0.2, 0.25) is 0 Å². The molecule has 0 saturated heterocycles. The van der Waals surface area contributed by atoms with Gasteiger partial charge in [0.05, 0.1) is 0 Å². The monoisotopic (exact) mass is 614 g/mol. The van der Waals surface area contributed by atoms with Gasteiger partial charge in [-0.3, -0.25) is 0 Å². The quantitative estimate of drug-likeness (QED) is 0.135. The number of hydrogen-bond acceptors (Lipinski definition) is 0. The van der Waals surface area contributed by atoms with Gasteiger partial charge in [-0.15, -0.1) is 0 Å². The van der Waals surface area contributed by atoms with Crippen LogP contribution in [0.1, 0.15) is 22.6 Å². The number of fused-ring (bicyclic) bond motifs is 4. The van der Waals surface area contributed by atoms with Crippen LogP contribution in [-0.4, -0.2) is 20.6 Å². The summed E-state index contributed by atoms with van der Waals surface area (Å²) in [6.45, 7) is 0. The maximum atomic E-state index is 3.30. The molecule has 0 amide bonds. The molecule has 0 fully saturated rings. The van der Waals surface area contributed by atoms with E-state index >= 15 is 0 Å². The molecule has 203 valence electrons. The van der Waals surface area contributed by atoms with Gasteiger partial charge in [0, 0.05) is 0 Å². The summed E-state index contributed by atoms with van der Waals surface area (Å²) in [6.07, 6.45) is 0. The van der Waals surface area contributed by atoms with Crippen LogP contribution in [0.5, 0.6) is 0 Å². The second kappa shape index (κ2) is 10.7. The van der Waals surface area contributed by atoms with Gasteiger partial charge in [0.2, 0.25) is 0 Å². The van der Waals surface area contributed by atoms with Gasteiger partial charge < -0.3 is 0 Å². The van der Waals surface area contributed by atoms with Gasteiger partial charge in [-0.25, -0.2) is 0 Å². The Morgan fingerprint density at radius 2 is 1.09 bits per heavy atom. The van der Waals surface area contributed by atoms with Crippen molar-refractivity contribution < 1.29 is 0 Å². The van der Waals surface area contributed by atoms with Gasteiger partial charge in [-0.05, 0) is 0 Å². The Bertz CT molecular complexity index is 2240. The average molecular weight is 614 g/mol. The molecule has 0 aliphatic rings. The van der Waals surface area contributed by atoms with Crippen LogP contribution >= 0.6 is 0 Å². The van der Waals surface area contributed by atoms with Crippen molar-refractivity contribution in [2.45, 2.75) is 5.92 Å². The summed E-state index contributed by atoms with van der Waals surface area (Å²) in [5, 5.41) is 5.08. The molecule has 0 aliphatic heterocycles. The van der Waals surface area contributed by atoms with Gasteiger partial charge in [-0.1, -0.05) is 18.2 Å². The summed E-state index contributed by atoms with van der Waals surface area (Å²) in [4.78, 5) is 0. The molecule has 0 bridgehead atoms. The molecule has 1 heterocycles. The average Bonchev–Trinajstić information content (AvgIpc) is 3.40. The van der Waals surface area contributed by atoms with E-state index in [0.717, 1.165) is 4.46 Å². The molecule has 7 aromatic carbocycles.